The minimum atomic E-state index is -1.51. The molecule has 1 heterocycles. The first-order chi connectivity index (χ1) is 33.3. The molecule has 6 rings (SSSR count). The van der Waals surface area contributed by atoms with Crippen LogP contribution in [-0.2, 0) is 54.1 Å². The smallest absolute Gasteiger partial charge is 0.409 e. The van der Waals surface area contributed by atoms with Gasteiger partial charge in [0.05, 0.1) is 32.6 Å². The fraction of sp³-hybridized carbons (Fsp3) is 0.389. The zero-order chi connectivity index (χ0) is 50.8. The molecule has 2 atom stereocenters. The third-order valence-corrected chi connectivity index (χ3v) is 12.0. The molecule has 16 heteroatoms. The van der Waals surface area contributed by atoms with Crippen LogP contribution in [0.3, 0.4) is 0 Å². The number of benzene rings is 4. The van der Waals surface area contributed by atoms with E-state index < -0.39 is 71.4 Å². The van der Waals surface area contributed by atoms with Gasteiger partial charge in [0, 0.05) is 37.2 Å². The van der Waals surface area contributed by atoms with E-state index in [1.165, 1.54) is 33.0 Å². The molecule has 1 fully saturated rings. The molecule has 4 aromatic carbocycles. The van der Waals surface area contributed by atoms with Crippen molar-refractivity contribution < 1.29 is 62.0 Å². The van der Waals surface area contributed by atoms with Crippen molar-refractivity contribution in [2.75, 3.05) is 52.4 Å². The van der Waals surface area contributed by atoms with Gasteiger partial charge in [0.25, 0.3) is 5.91 Å². The first-order valence-corrected chi connectivity index (χ1v) is 23.1. The number of aryl methyl sites for hydroxylation is 1. The number of nitrogens with one attached hydrogen (secondary N) is 1. The van der Waals surface area contributed by atoms with Gasteiger partial charge in [0.1, 0.15) is 31.0 Å². The Hall–Kier alpha value is -7.49. The number of hydrogen-bond acceptors (Lipinski definition) is 13. The number of amides is 3. The topological polar surface area (TPSA) is 193 Å². The maximum atomic E-state index is 14.8. The number of carbonyl (C=O) groups is 7. The van der Waals surface area contributed by atoms with E-state index in [1.54, 1.807) is 57.2 Å². The number of Topliss-reactive ketones (excluding diaryl/α,β-unsaturated/α-hetero) is 1. The van der Waals surface area contributed by atoms with E-state index in [-0.39, 0.29) is 51.4 Å². The number of nitrogens with zero attached hydrogens (tertiary/aromatic N) is 2. The van der Waals surface area contributed by atoms with Crippen LogP contribution in [0.2, 0.25) is 0 Å². The van der Waals surface area contributed by atoms with Gasteiger partial charge in [-0.25, -0.2) is 14.4 Å². The van der Waals surface area contributed by atoms with Crippen LogP contribution < -0.4 is 14.8 Å². The quantitative estimate of drug-likeness (QED) is 0.0415. The van der Waals surface area contributed by atoms with Crippen molar-refractivity contribution in [3.05, 3.63) is 126 Å². The molecule has 0 saturated carbocycles. The zero-order valence-electron chi connectivity index (χ0n) is 40.7. The zero-order valence-corrected chi connectivity index (χ0v) is 40.7. The van der Waals surface area contributed by atoms with Gasteiger partial charge >= 0.3 is 24.0 Å². The number of esters is 3. The Kier molecular flexibility index (Phi) is 16.9. The van der Waals surface area contributed by atoms with Gasteiger partial charge in [-0.2, -0.15) is 0 Å². The molecule has 1 aliphatic heterocycles. The van der Waals surface area contributed by atoms with Gasteiger partial charge < -0.3 is 43.5 Å². The third kappa shape index (κ3) is 13.0. The van der Waals surface area contributed by atoms with E-state index >= 15 is 0 Å². The van der Waals surface area contributed by atoms with Crippen molar-refractivity contribution in [1.29, 1.82) is 0 Å². The van der Waals surface area contributed by atoms with Crippen molar-refractivity contribution in [3.63, 3.8) is 0 Å². The van der Waals surface area contributed by atoms with Gasteiger partial charge in [-0.15, -0.1) is 0 Å². The van der Waals surface area contributed by atoms with E-state index in [9.17, 15) is 33.6 Å². The molecule has 3 amide bonds. The number of anilines is 1. The summed E-state index contributed by atoms with van der Waals surface area (Å²) in [7, 11) is 3.04. The number of ether oxygens (including phenoxy) is 6. The summed E-state index contributed by atoms with van der Waals surface area (Å²) in [5, 5.41) is 2.80. The SMILES string of the molecule is C=CC(=O)OCC(C)(C)C(=O)C(=O)N1CCN(C(=O)OCC2c3ccccc3-c3ccccc32)C[C@H]1C(=O)O[C@H](CCc1ccc(OC)c(OC)c1)c1cccc(NC(=O)CCC(=O)OC(C)(C)C)c1. The predicted octanol–water partition coefficient (Wildman–Crippen LogP) is 7.77. The van der Waals surface area contributed by atoms with Crippen LogP contribution in [0.15, 0.2) is 104 Å². The summed E-state index contributed by atoms with van der Waals surface area (Å²) >= 11 is 0. The van der Waals surface area contributed by atoms with Gasteiger partial charge in [0.2, 0.25) is 11.7 Å². The Bertz CT molecular complexity index is 2570. The first kappa shape index (κ1) is 51.9. The van der Waals surface area contributed by atoms with E-state index in [4.69, 9.17) is 28.4 Å². The summed E-state index contributed by atoms with van der Waals surface area (Å²) in [6, 6.07) is 26.4. The highest BCUT2D eigenvalue weighted by Crippen LogP contribution is 2.44. The molecule has 1 N–H and O–H groups in total. The normalized spacial score (nSPS) is 14.8. The molecular formula is C54H61N3O13. The summed E-state index contributed by atoms with van der Waals surface area (Å²) in [5.41, 5.74) is 3.55. The fourth-order valence-corrected chi connectivity index (χ4v) is 8.37. The molecule has 0 radical (unpaired) electrons. The van der Waals surface area contributed by atoms with Crippen molar-refractivity contribution in [2.24, 2.45) is 5.41 Å². The summed E-state index contributed by atoms with van der Waals surface area (Å²) in [4.78, 5) is 96.7. The molecule has 0 unspecified atom stereocenters. The summed E-state index contributed by atoms with van der Waals surface area (Å²) in [5.74, 6) is -3.88. The van der Waals surface area contributed by atoms with Crippen molar-refractivity contribution in [1.82, 2.24) is 9.80 Å². The Morgan fingerprint density at radius 2 is 1.46 bits per heavy atom. The van der Waals surface area contributed by atoms with Crippen LogP contribution in [0.5, 0.6) is 11.5 Å². The average Bonchev–Trinajstić information content (AvgIpc) is 3.67. The highest BCUT2D eigenvalue weighted by molar-refractivity contribution is 6.38. The molecule has 1 saturated heterocycles. The second-order valence-corrected chi connectivity index (χ2v) is 18.7. The lowest BCUT2D eigenvalue weighted by atomic mass is 9.87. The van der Waals surface area contributed by atoms with Crippen LogP contribution in [-0.4, -0.2) is 110 Å². The number of piperazine rings is 1. The molecular weight excluding hydrogens is 899 g/mol. The second kappa shape index (κ2) is 22.7. The molecule has 70 heavy (non-hydrogen) atoms. The lowest BCUT2D eigenvalue weighted by molar-refractivity contribution is -0.166. The number of methoxy groups -OCH3 is 2. The van der Waals surface area contributed by atoms with Crippen LogP contribution in [0.4, 0.5) is 10.5 Å². The molecule has 0 aromatic heterocycles. The predicted molar refractivity (Wildman–Crippen MR) is 259 cm³/mol. The molecule has 1 aliphatic carbocycles. The number of rotatable bonds is 19. The van der Waals surface area contributed by atoms with Gasteiger partial charge in [-0.3, -0.25) is 19.2 Å². The number of ketones is 1. The largest absolute Gasteiger partial charge is 0.493 e. The lowest BCUT2D eigenvalue weighted by Crippen LogP contribution is -2.62. The molecule has 16 nitrogen and oxygen atoms in total. The molecule has 0 bridgehead atoms. The maximum absolute atomic E-state index is 14.8. The summed E-state index contributed by atoms with van der Waals surface area (Å²) in [6.45, 7) is 10.3. The summed E-state index contributed by atoms with van der Waals surface area (Å²) in [6.07, 6.45) is -0.544. The van der Waals surface area contributed by atoms with E-state index in [2.05, 4.69) is 11.9 Å². The van der Waals surface area contributed by atoms with Gasteiger partial charge in [-0.05, 0) is 105 Å². The van der Waals surface area contributed by atoms with Gasteiger partial charge in [0.15, 0.2) is 11.5 Å². The number of hydrogen-bond donors (Lipinski definition) is 1. The highest BCUT2D eigenvalue weighted by atomic mass is 16.6. The Morgan fingerprint density at radius 3 is 2.10 bits per heavy atom. The van der Waals surface area contributed by atoms with Crippen LogP contribution >= 0.6 is 0 Å². The highest BCUT2D eigenvalue weighted by Gasteiger charge is 2.45. The minimum absolute atomic E-state index is 0.00330. The van der Waals surface area contributed by atoms with Gasteiger partial charge in [-0.1, -0.05) is 73.3 Å². The molecule has 0 spiro atoms. The van der Waals surface area contributed by atoms with Crippen molar-refractivity contribution in [3.8, 4) is 22.6 Å². The fourth-order valence-electron chi connectivity index (χ4n) is 8.37. The van der Waals surface area contributed by atoms with Crippen LogP contribution in [0.1, 0.15) is 88.2 Å². The summed E-state index contributed by atoms with van der Waals surface area (Å²) < 4.78 is 33.7. The van der Waals surface area contributed by atoms with E-state index in [1.807, 2.05) is 54.6 Å². The van der Waals surface area contributed by atoms with Crippen molar-refractivity contribution in [2.45, 2.75) is 84.0 Å². The maximum Gasteiger partial charge on any atom is 0.409 e. The van der Waals surface area contributed by atoms with Crippen LogP contribution in [0, 0.1) is 5.41 Å². The Labute approximate surface area is 408 Å². The third-order valence-electron chi connectivity index (χ3n) is 12.0. The Balaban J connectivity index is 1.27. The molecule has 370 valence electrons. The standard InChI is InChI=1S/C54H61N3O13/c1-9-47(59)68-33-54(5,6)49(61)50(62)57-28-27-56(52(64)67-32-41-39-19-12-10-17-37(39)38-18-11-13-20-40(38)41)31-42(57)51(63)69-43(23-21-34-22-24-44(65-7)45(29-34)66-8)35-15-14-16-36(30-35)55-46(58)25-26-48(60)70-53(2,3)4/h9-20,22,24,29-30,41-43H,1,21,23,25-28,31-33H2,2-8H3,(H,55,58)/t42-,43+/m0/s1. The minimum Gasteiger partial charge on any atom is -0.493 e. The van der Waals surface area contributed by atoms with E-state index in [0.717, 1.165) is 38.8 Å². The molecule has 4 aromatic rings. The number of carbonyl (C=O) groups excluding carboxylic acids is 7. The first-order valence-electron chi connectivity index (χ1n) is 23.1. The number of fused-ring (bicyclic) bond motifs is 3. The molecule has 2 aliphatic rings. The average molecular weight is 960 g/mol. The van der Waals surface area contributed by atoms with E-state index in [0.29, 0.717) is 29.2 Å². The van der Waals surface area contributed by atoms with Crippen molar-refractivity contribution >= 4 is 47.3 Å². The second-order valence-electron chi connectivity index (χ2n) is 18.7. The monoisotopic (exact) mass is 959 g/mol. The Morgan fingerprint density at radius 1 is 0.786 bits per heavy atom. The van der Waals surface area contributed by atoms with Crippen LogP contribution in [0.25, 0.3) is 11.1 Å². The lowest BCUT2D eigenvalue weighted by Gasteiger charge is -2.40.